The van der Waals surface area contributed by atoms with E-state index in [-0.39, 0.29) is 29.7 Å². The van der Waals surface area contributed by atoms with Gasteiger partial charge in [0.1, 0.15) is 5.82 Å². The van der Waals surface area contributed by atoms with E-state index in [0.717, 1.165) is 22.4 Å². The van der Waals surface area contributed by atoms with Crippen molar-refractivity contribution < 1.29 is 4.79 Å². The number of nitrogens with one attached hydrogen (secondary N) is 1. The highest BCUT2D eigenvalue weighted by Gasteiger charge is 2.24. The van der Waals surface area contributed by atoms with E-state index in [2.05, 4.69) is 4.98 Å². The summed E-state index contributed by atoms with van der Waals surface area (Å²) in [6, 6.07) is 15.4. The topological polar surface area (TPSA) is 101 Å². The predicted octanol–water partition coefficient (Wildman–Crippen LogP) is 3.71. The minimum atomic E-state index is -0.651. The summed E-state index contributed by atoms with van der Waals surface area (Å²) in [6.45, 7) is 6.63. The summed E-state index contributed by atoms with van der Waals surface area (Å²) >= 11 is 1.42. The molecule has 3 rings (SSSR count). The van der Waals surface area contributed by atoms with Crippen LogP contribution in [0.4, 0.5) is 11.5 Å². The largest absolute Gasteiger partial charge is 0.383 e. The highest BCUT2D eigenvalue weighted by atomic mass is 32.2. The number of carbonyl (C=O) groups is 1. The molecule has 0 aliphatic rings. The Kier molecular flexibility index (Phi) is 8.16. The standard InChI is InChI=1S/C25H30N4O3S/c1-4-5-13-28(21(30)16-33-20-12-11-17(2)18(3)14-20)22-23(26)29(25(32)27-24(22)31)15-19-9-7-6-8-10-19/h6-12,14H,4-5,13,15-16,26H2,1-3H3,(H,27,31,32). The molecule has 0 saturated heterocycles. The number of nitrogens with zero attached hydrogens (tertiary/aromatic N) is 2. The molecule has 0 atom stereocenters. The number of unbranched alkanes of at least 4 members (excludes halogenated alkanes) is 1. The van der Waals surface area contributed by atoms with Gasteiger partial charge in [0, 0.05) is 11.4 Å². The SMILES string of the molecule is CCCCN(C(=O)CSc1ccc(C)c(C)c1)c1c(N)n(Cc2ccccc2)c(=O)[nH]c1=O. The first-order chi connectivity index (χ1) is 15.8. The van der Waals surface area contributed by atoms with Crippen LogP contribution < -0.4 is 21.9 Å². The second-order valence-electron chi connectivity index (χ2n) is 8.00. The van der Waals surface area contributed by atoms with E-state index in [1.165, 1.54) is 26.8 Å². The number of aromatic amines is 1. The van der Waals surface area contributed by atoms with Gasteiger partial charge in [-0.15, -0.1) is 11.8 Å². The molecule has 0 saturated carbocycles. The lowest BCUT2D eigenvalue weighted by molar-refractivity contribution is -0.116. The zero-order valence-electron chi connectivity index (χ0n) is 19.3. The molecular weight excluding hydrogens is 436 g/mol. The minimum Gasteiger partial charge on any atom is -0.383 e. The summed E-state index contributed by atoms with van der Waals surface area (Å²) in [5.74, 6) is -0.0786. The summed E-state index contributed by atoms with van der Waals surface area (Å²) in [7, 11) is 0. The Morgan fingerprint density at radius 2 is 1.82 bits per heavy atom. The highest BCUT2D eigenvalue weighted by Crippen LogP contribution is 2.24. The lowest BCUT2D eigenvalue weighted by atomic mass is 10.1. The van der Waals surface area contributed by atoms with Crippen molar-refractivity contribution in [3.63, 3.8) is 0 Å². The third-order valence-corrected chi connectivity index (χ3v) is 6.52. The zero-order chi connectivity index (χ0) is 24.0. The number of thioether (sulfide) groups is 1. The number of nitrogen functional groups attached to an aromatic ring is 1. The monoisotopic (exact) mass is 466 g/mol. The van der Waals surface area contributed by atoms with E-state index in [9.17, 15) is 14.4 Å². The van der Waals surface area contributed by atoms with Gasteiger partial charge in [0.05, 0.1) is 12.3 Å². The second-order valence-corrected chi connectivity index (χ2v) is 9.05. The maximum Gasteiger partial charge on any atom is 0.330 e. The number of nitrogens with two attached hydrogens (primary N) is 1. The van der Waals surface area contributed by atoms with Crippen LogP contribution in [0, 0.1) is 13.8 Å². The quantitative estimate of drug-likeness (QED) is 0.468. The van der Waals surface area contributed by atoms with Crippen LogP contribution in [-0.2, 0) is 11.3 Å². The molecule has 0 radical (unpaired) electrons. The number of hydrogen-bond donors (Lipinski definition) is 2. The predicted molar refractivity (Wildman–Crippen MR) is 135 cm³/mol. The average molecular weight is 467 g/mol. The van der Waals surface area contributed by atoms with Gasteiger partial charge in [0.15, 0.2) is 5.69 Å². The number of carbonyl (C=O) groups excluding carboxylic acids is 1. The molecular formula is C25H30N4O3S. The Morgan fingerprint density at radius 1 is 1.09 bits per heavy atom. The van der Waals surface area contributed by atoms with E-state index in [1.807, 2.05) is 69.3 Å². The summed E-state index contributed by atoms with van der Waals surface area (Å²) in [4.78, 5) is 43.3. The molecule has 0 unspecified atom stereocenters. The van der Waals surface area contributed by atoms with Crippen molar-refractivity contribution >= 4 is 29.2 Å². The Balaban J connectivity index is 1.92. The van der Waals surface area contributed by atoms with E-state index in [1.54, 1.807) is 0 Å². The van der Waals surface area contributed by atoms with Gasteiger partial charge >= 0.3 is 5.69 Å². The number of hydrogen-bond acceptors (Lipinski definition) is 5. The van der Waals surface area contributed by atoms with Gasteiger partial charge < -0.3 is 10.6 Å². The Labute approximate surface area is 197 Å². The van der Waals surface area contributed by atoms with E-state index in [0.29, 0.717) is 13.0 Å². The van der Waals surface area contributed by atoms with Crippen molar-refractivity contribution in [2.24, 2.45) is 0 Å². The molecule has 2 aromatic carbocycles. The zero-order valence-corrected chi connectivity index (χ0v) is 20.1. The van der Waals surface area contributed by atoms with Gasteiger partial charge in [-0.2, -0.15) is 0 Å². The van der Waals surface area contributed by atoms with E-state index in [4.69, 9.17) is 5.73 Å². The van der Waals surface area contributed by atoms with Crippen molar-refractivity contribution in [2.75, 3.05) is 22.9 Å². The molecule has 174 valence electrons. The smallest absolute Gasteiger partial charge is 0.330 e. The number of aryl methyl sites for hydroxylation is 2. The molecule has 1 aromatic heterocycles. The first kappa shape index (κ1) is 24.4. The van der Waals surface area contributed by atoms with Gasteiger partial charge in [-0.3, -0.25) is 19.1 Å². The van der Waals surface area contributed by atoms with Crippen LogP contribution in [0.3, 0.4) is 0 Å². The molecule has 0 aliphatic carbocycles. The second kappa shape index (κ2) is 11.0. The van der Waals surface area contributed by atoms with Gasteiger partial charge in [-0.25, -0.2) is 4.79 Å². The third-order valence-electron chi connectivity index (χ3n) is 5.54. The Hall–Kier alpha value is -3.26. The van der Waals surface area contributed by atoms with Gasteiger partial charge in [0.2, 0.25) is 5.91 Å². The molecule has 0 spiro atoms. The minimum absolute atomic E-state index is 0.00626. The van der Waals surface area contributed by atoms with Crippen molar-refractivity contribution in [1.29, 1.82) is 0 Å². The molecule has 8 heteroatoms. The number of H-pyrrole nitrogens is 1. The third kappa shape index (κ3) is 5.96. The molecule has 0 fully saturated rings. The summed E-state index contributed by atoms with van der Waals surface area (Å²) in [6.07, 6.45) is 1.55. The molecule has 33 heavy (non-hydrogen) atoms. The highest BCUT2D eigenvalue weighted by molar-refractivity contribution is 8.00. The Bertz CT molecular complexity index is 1230. The summed E-state index contributed by atoms with van der Waals surface area (Å²) in [5, 5.41) is 0. The lowest BCUT2D eigenvalue weighted by Crippen LogP contribution is -2.42. The van der Waals surface area contributed by atoms with Crippen LogP contribution in [0.15, 0.2) is 63.0 Å². The maximum atomic E-state index is 13.2. The average Bonchev–Trinajstić information content (AvgIpc) is 2.80. The fourth-order valence-corrected chi connectivity index (χ4v) is 4.34. The number of anilines is 2. The molecule has 3 N–H and O–H groups in total. The first-order valence-electron chi connectivity index (χ1n) is 11.0. The van der Waals surface area contributed by atoms with Gasteiger partial charge in [0.25, 0.3) is 5.56 Å². The normalized spacial score (nSPS) is 10.9. The summed E-state index contributed by atoms with van der Waals surface area (Å²) in [5.41, 5.74) is 8.32. The maximum absolute atomic E-state index is 13.2. The van der Waals surface area contributed by atoms with Crippen molar-refractivity contribution in [3.05, 3.63) is 86.1 Å². The van der Waals surface area contributed by atoms with Crippen molar-refractivity contribution in [1.82, 2.24) is 9.55 Å². The van der Waals surface area contributed by atoms with E-state index < -0.39 is 11.2 Å². The molecule has 0 aliphatic heterocycles. The number of benzene rings is 2. The van der Waals surface area contributed by atoms with Crippen LogP contribution in [0.2, 0.25) is 0 Å². The lowest BCUT2D eigenvalue weighted by Gasteiger charge is -2.24. The molecule has 7 nitrogen and oxygen atoms in total. The van der Waals surface area contributed by atoms with Gasteiger partial charge in [-0.1, -0.05) is 49.7 Å². The molecule has 3 aromatic rings. The van der Waals surface area contributed by atoms with Crippen LogP contribution in [0.1, 0.15) is 36.5 Å². The van der Waals surface area contributed by atoms with Gasteiger partial charge in [-0.05, 0) is 49.1 Å². The number of aromatic nitrogens is 2. The Morgan fingerprint density at radius 3 is 2.48 bits per heavy atom. The van der Waals surface area contributed by atoms with E-state index >= 15 is 0 Å². The molecule has 0 bridgehead atoms. The first-order valence-corrected chi connectivity index (χ1v) is 12.0. The van der Waals surface area contributed by atoms with Crippen LogP contribution >= 0.6 is 11.8 Å². The van der Waals surface area contributed by atoms with Crippen LogP contribution in [-0.4, -0.2) is 27.8 Å². The fraction of sp³-hybridized carbons (Fsp3) is 0.320. The van der Waals surface area contributed by atoms with Crippen LogP contribution in [0.5, 0.6) is 0 Å². The number of rotatable bonds is 9. The van der Waals surface area contributed by atoms with Crippen molar-refractivity contribution in [2.45, 2.75) is 45.1 Å². The fourth-order valence-electron chi connectivity index (χ4n) is 3.47. The van der Waals surface area contributed by atoms with Crippen LogP contribution in [0.25, 0.3) is 0 Å². The van der Waals surface area contributed by atoms with Crippen molar-refractivity contribution in [3.8, 4) is 0 Å². The molecule has 1 amide bonds. The molecule has 1 heterocycles. The summed E-state index contributed by atoms with van der Waals surface area (Å²) < 4.78 is 1.30. The number of amides is 1.